The number of anilines is 1. The van der Waals surface area contributed by atoms with Crippen molar-refractivity contribution in [3.05, 3.63) is 24.3 Å². The van der Waals surface area contributed by atoms with E-state index < -0.39 is 10.0 Å². The van der Waals surface area contributed by atoms with Crippen LogP contribution in [-0.4, -0.2) is 31.5 Å². The topological polar surface area (TPSA) is 109 Å². The molecule has 8 heteroatoms. The Hall–Kier alpha value is -2.42. The van der Waals surface area contributed by atoms with Crippen molar-refractivity contribution in [1.82, 2.24) is 4.31 Å². The molecule has 1 aliphatic rings. The SMILES string of the molecule is CC1CCN(S(=O)(=O)c2cccc(NN=C(C#N)C#N)c2)CC1. The van der Waals surface area contributed by atoms with Gasteiger partial charge in [0.1, 0.15) is 12.1 Å². The molecule has 0 saturated carbocycles. The third kappa shape index (κ3) is 4.07. The Morgan fingerprint density at radius 1 is 1.30 bits per heavy atom. The predicted molar refractivity (Wildman–Crippen MR) is 85.9 cm³/mol. The predicted octanol–water partition coefficient (Wildman–Crippen LogP) is 1.92. The summed E-state index contributed by atoms with van der Waals surface area (Å²) in [6.45, 7) is 3.16. The lowest BCUT2D eigenvalue weighted by Gasteiger charge is -2.29. The maximum atomic E-state index is 12.7. The normalized spacial score (nSPS) is 16.1. The molecular weight excluding hydrogens is 314 g/mol. The summed E-state index contributed by atoms with van der Waals surface area (Å²) in [4.78, 5) is 0.169. The smallest absolute Gasteiger partial charge is 0.243 e. The number of hydrogen-bond acceptors (Lipinski definition) is 6. The maximum Gasteiger partial charge on any atom is 0.243 e. The van der Waals surface area contributed by atoms with Crippen LogP contribution >= 0.6 is 0 Å². The molecule has 120 valence electrons. The lowest BCUT2D eigenvalue weighted by Crippen LogP contribution is -2.37. The highest BCUT2D eigenvalue weighted by atomic mass is 32.2. The molecular formula is C15H17N5O2S. The first-order chi connectivity index (χ1) is 11.0. The highest BCUT2D eigenvalue weighted by molar-refractivity contribution is 7.89. The summed E-state index contributed by atoms with van der Waals surface area (Å²) in [6.07, 6.45) is 1.71. The van der Waals surface area contributed by atoms with Crippen LogP contribution in [0.25, 0.3) is 0 Å². The van der Waals surface area contributed by atoms with Gasteiger partial charge in [-0.2, -0.15) is 19.9 Å². The van der Waals surface area contributed by atoms with Gasteiger partial charge in [-0.15, -0.1) is 0 Å². The van der Waals surface area contributed by atoms with Crippen molar-refractivity contribution in [1.29, 1.82) is 10.5 Å². The summed E-state index contributed by atoms with van der Waals surface area (Å²) in [5.41, 5.74) is 2.60. The van der Waals surface area contributed by atoms with E-state index in [1.807, 2.05) is 0 Å². The number of nitrogens with one attached hydrogen (secondary N) is 1. The maximum absolute atomic E-state index is 12.7. The van der Waals surface area contributed by atoms with Gasteiger partial charge in [0.05, 0.1) is 10.6 Å². The largest absolute Gasteiger partial charge is 0.276 e. The fraction of sp³-hybridized carbons (Fsp3) is 0.400. The van der Waals surface area contributed by atoms with Crippen LogP contribution in [0.15, 0.2) is 34.3 Å². The van der Waals surface area contributed by atoms with E-state index in [-0.39, 0.29) is 10.6 Å². The zero-order chi connectivity index (χ0) is 16.9. The van der Waals surface area contributed by atoms with Crippen molar-refractivity contribution in [2.24, 2.45) is 11.0 Å². The van der Waals surface area contributed by atoms with Gasteiger partial charge in [0.2, 0.25) is 15.7 Å². The Labute approximate surface area is 135 Å². The van der Waals surface area contributed by atoms with Crippen molar-refractivity contribution >= 4 is 21.4 Å². The molecule has 0 spiro atoms. The second kappa shape index (κ2) is 7.23. The van der Waals surface area contributed by atoms with Gasteiger partial charge < -0.3 is 0 Å². The van der Waals surface area contributed by atoms with Gasteiger partial charge in [0, 0.05) is 13.1 Å². The highest BCUT2D eigenvalue weighted by Crippen LogP contribution is 2.24. The number of hydrogen-bond donors (Lipinski definition) is 1. The molecule has 0 radical (unpaired) electrons. The highest BCUT2D eigenvalue weighted by Gasteiger charge is 2.28. The van der Waals surface area contributed by atoms with Crippen LogP contribution < -0.4 is 5.43 Å². The van der Waals surface area contributed by atoms with Crippen LogP contribution in [0.3, 0.4) is 0 Å². The molecule has 2 rings (SSSR count). The summed E-state index contributed by atoms with van der Waals surface area (Å²) in [5.74, 6) is 0.541. The molecule has 1 aromatic rings. The molecule has 1 aromatic carbocycles. The minimum Gasteiger partial charge on any atom is -0.276 e. The molecule has 1 N–H and O–H groups in total. The summed E-state index contributed by atoms with van der Waals surface area (Å²) >= 11 is 0. The van der Waals surface area contributed by atoms with E-state index in [1.165, 1.54) is 16.4 Å². The van der Waals surface area contributed by atoms with Crippen LogP contribution in [0.2, 0.25) is 0 Å². The quantitative estimate of drug-likeness (QED) is 0.669. The standard InChI is InChI=1S/C15H17N5O2S/c1-12-5-7-20(8-6-12)23(21,22)15-4-2-3-13(9-15)18-19-14(10-16)11-17/h2-4,9,12,18H,5-8H2,1H3. The minimum absolute atomic E-state index is 0.169. The molecule has 0 aromatic heterocycles. The number of rotatable bonds is 4. The average Bonchev–Trinajstić information content (AvgIpc) is 2.56. The van der Waals surface area contributed by atoms with Gasteiger partial charge in [0.25, 0.3) is 0 Å². The molecule has 1 heterocycles. The number of nitriles is 2. The first-order valence-corrected chi connectivity index (χ1v) is 8.65. The van der Waals surface area contributed by atoms with Gasteiger partial charge >= 0.3 is 0 Å². The lowest BCUT2D eigenvalue weighted by molar-refractivity contribution is 0.288. The minimum atomic E-state index is -3.54. The van der Waals surface area contributed by atoms with Crippen LogP contribution in [0.4, 0.5) is 5.69 Å². The zero-order valence-corrected chi connectivity index (χ0v) is 13.5. The average molecular weight is 331 g/mol. The Balaban J connectivity index is 2.21. The van der Waals surface area contributed by atoms with E-state index in [2.05, 4.69) is 17.5 Å². The van der Waals surface area contributed by atoms with E-state index in [4.69, 9.17) is 10.5 Å². The first kappa shape index (κ1) is 16.9. The van der Waals surface area contributed by atoms with Crippen molar-refractivity contribution in [3.63, 3.8) is 0 Å². The molecule has 23 heavy (non-hydrogen) atoms. The molecule has 1 aliphatic heterocycles. The number of hydrazone groups is 1. The van der Waals surface area contributed by atoms with Crippen LogP contribution in [-0.2, 0) is 10.0 Å². The molecule has 0 amide bonds. The summed E-state index contributed by atoms with van der Waals surface area (Å²) in [6, 6.07) is 9.43. The van der Waals surface area contributed by atoms with Gasteiger partial charge in [-0.3, -0.25) is 5.43 Å². The van der Waals surface area contributed by atoms with Crippen molar-refractivity contribution in [3.8, 4) is 12.1 Å². The molecule has 1 fully saturated rings. The second-order valence-electron chi connectivity index (χ2n) is 5.41. The van der Waals surface area contributed by atoms with Crippen molar-refractivity contribution in [2.75, 3.05) is 18.5 Å². The van der Waals surface area contributed by atoms with E-state index in [9.17, 15) is 8.42 Å². The summed E-state index contributed by atoms with van der Waals surface area (Å²) < 4.78 is 26.8. The monoisotopic (exact) mass is 331 g/mol. The molecule has 0 bridgehead atoms. The summed E-state index contributed by atoms with van der Waals surface area (Å²) in [5, 5.41) is 20.9. The Bertz CT molecular complexity index is 765. The summed E-state index contributed by atoms with van der Waals surface area (Å²) in [7, 11) is -3.54. The zero-order valence-electron chi connectivity index (χ0n) is 12.7. The van der Waals surface area contributed by atoms with Gasteiger partial charge in [-0.05, 0) is 37.0 Å². The fourth-order valence-electron chi connectivity index (χ4n) is 2.30. The Kier molecular flexibility index (Phi) is 5.32. The van der Waals surface area contributed by atoms with Crippen LogP contribution in [0.5, 0.6) is 0 Å². The van der Waals surface area contributed by atoms with E-state index in [0.717, 1.165) is 12.8 Å². The molecule has 0 aliphatic carbocycles. The van der Waals surface area contributed by atoms with Crippen molar-refractivity contribution in [2.45, 2.75) is 24.7 Å². The molecule has 0 atom stereocenters. The third-order valence-electron chi connectivity index (χ3n) is 3.72. The third-order valence-corrected chi connectivity index (χ3v) is 5.62. The fourth-order valence-corrected chi connectivity index (χ4v) is 3.81. The van der Waals surface area contributed by atoms with Crippen LogP contribution in [0.1, 0.15) is 19.8 Å². The van der Waals surface area contributed by atoms with Gasteiger partial charge in [-0.25, -0.2) is 8.42 Å². The second-order valence-corrected chi connectivity index (χ2v) is 7.35. The number of nitrogens with zero attached hydrogens (tertiary/aromatic N) is 4. The lowest BCUT2D eigenvalue weighted by atomic mass is 10.0. The Morgan fingerprint density at radius 3 is 2.57 bits per heavy atom. The molecule has 1 saturated heterocycles. The van der Waals surface area contributed by atoms with Gasteiger partial charge in [0.15, 0.2) is 0 Å². The van der Waals surface area contributed by atoms with Crippen molar-refractivity contribution < 1.29 is 8.42 Å². The molecule has 7 nitrogen and oxygen atoms in total. The van der Waals surface area contributed by atoms with Crippen LogP contribution in [0, 0.1) is 28.6 Å². The Morgan fingerprint density at radius 2 is 1.96 bits per heavy atom. The van der Waals surface area contributed by atoms with Gasteiger partial charge in [-0.1, -0.05) is 13.0 Å². The number of benzene rings is 1. The van der Waals surface area contributed by atoms with E-state index >= 15 is 0 Å². The van der Waals surface area contributed by atoms with E-state index in [1.54, 1.807) is 24.3 Å². The first-order valence-electron chi connectivity index (χ1n) is 7.21. The number of piperidine rings is 1. The van der Waals surface area contributed by atoms with E-state index in [0.29, 0.717) is 24.7 Å². The number of sulfonamides is 1. The molecule has 0 unspecified atom stereocenters.